The van der Waals surface area contributed by atoms with Gasteiger partial charge in [-0.1, -0.05) is 28.5 Å². The van der Waals surface area contributed by atoms with Gasteiger partial charge in [0.2, 0.25) is 5.91 Å². The first kappa shape index (κ1) is 22.7. The second kappa shape index (κ2) is 9.17. The summed E-state index contributed by atoms with van der Waals surface area (Å²) in [7, 11) is 0. The van der Waals surface area contributed by atoms with Gasteiger partial charge in [0.25, 0.3) is 11.8 Å². The van der Waals surface area contributed by atoms with Crippen LogP contribution in [0.4, 0.5) is 5.69 Å². The number of nitrogens with zero attached hydrogens (tertiary/aromatic N) is 5. The first-order chi connectivity index (χ1) is 15.8. The molecule has 2 aromatic rings. The highest BCUT2D eigenvalue weighted by Crippen LogP contribution is 2.35. The van der Waals surface area contributed by atoms with Crippen molar-refractivity contribution in [2.75, 3.05) is 31.1 Å². The van der Waals surface area contributed by atoms with Gasteiger partial charge in [-0.25, -0.2) is 4.63 Å². The number of fused-ring (bicyclic) bond motifs is 1. The Morgan fingerprint density at radius 1 is 1.27 bits per heavy atom. The largest absolute Gasteiger partial charge is 0.370 e. The van der Waals surface area contributed by atoms with E-state index in [1.807, 2.05) is 24.8 Å². The first-order valence-corrected chi connectivity index (χ1v) is 11.3. The number of hydrogen-bond acceptors (Lipinski definition) is 7. The van der Waals surface area contributed by atoms with Gasteiger partial charge < -0.3 is 9.80 Å². The van der Waals surface area contributed by atoms with Gasteiger partial charge in [0.1, 0.15) is 11.4 Å². The van der Waals surface area contributed by atoms with Gasteiger partial charge in [0, 0.05) is 26.2 Å². The molecule has 3 amide bonds. The Morgan fingerprint density at radius 3 is 2.73 bits per heavy atom. The number of anilines is 1. The highest BCUT2D eigenvalue weighted by Gasteiger charge is 2.40. The Kier molecular flexibility index (Phi) is 6.31. The summed E-state index contributed by atoms with van der Waals surface area (Å²) in [5.74, 6) is -0.779. The number of imide groups is 1. The molecule has 0 radical (unpaired) electrons. The average molecular weight is 452 g/mol. The number of aromatic nitrogens is 2. The third-order valence-corrected chi connectivity index (χ3v) is 6.30. The van der Waals surface area contributed by atoms with Crippen LogP contribution in [0.3, 0.4) is 0 Å². The fraction of sp³-hybridized carbons (Fsp3) is 0.458. The number of aryl methyl sites for hydroxylation is 1. The third kappa shape index (κ3) is 4.27. The van der Waals surface area contributed by atoms with Crippen LogP contribution in [-0.4, -0.2) is 64.0 Å². The smallest absolute Gasteiger partial charge is 0.264 e. The van der Waals surface area contributed by atoms with Crippen molar-refractivity contribution in [3.63, 3.8) is 0 Å². The summed E-state index contributed by atoms with van der Waals surface area (Å²) >= 11 is 0. The van der Waals surface area contributed by atoms with E-state index >= 15 is 0 Å². The second-order valence-electron chi connectivity index (χ2n) is 8.79. The molecule has 3 heterocycles. The quantitative estimate of drug-likeness (QED) is 0.471. The summed E-state index contributed by atoms with van der Waals surface area (Å²) in [5, 5.41) is 7.53. The van der Waals surface area contributed by atoms with Gasteiger partial charge in [0.05, 0.1) is 29.3 Å². The van der Waals surface area contributed by atoms with E-state index in [2.05, 4.69) is 21.8 Å². The average Bonchev–Trinajstić information content (AvgIpc) is 3.33. The van der Waals surface area contributed by atoms with Crippen LogP contribution in [0.15, 0.2) is 35.0 Å². The molecule has 1 atom stereocenters. The van der Waals surface area contributed by atoms with Crippen LogP contribution in [0, 0.1) is 12.8 Å². The van der Waals surface area contributed by atoms with Crippen LogP contribution in [-0.2, 0) is 11.3 Å². The van der Waals surface area contributed by atoms with Crippen LogP contribution in [0.1, 0.15) is 58.8 Å². The lowest BCUT2D eigenvalue weighted by molar-refractivity contribution is -0.135. The minimum Gasteiger partial charge on any atom is -0.370 e. The monoisotopic (exact) mass is 451 g/mol. The standard InChI is InChI=1S/C24H29N5O4/c1-5-27(12-15(2)3)22(30)17-8-7-11-28(13-17)20-10-6-9-18-21(20)24(32)29(23(18)31)14-19-16(4)25-33-26-19/h6,9-10,17H,2,5,7-8,11-14H2,1,3-4H3/t17-/m0/s1. The molecule has 0 aliphatic carbocycles. The molecule has 1 aromatic carbocycles. The summed E-state index contributed by atoms with van der Waals surface area (Å²) in [6, 6.07) is 5.32. The maximum Gasteiger partial charge on any atom is 0.264 e. The van der Waals surface area contributed by atoms with E-state index in [-0.39, 0.29) is 30.2 Å². The number of benzene rings is 1. The lowest BCUT2D eigenvalue weighted by Crippen LogP contribution is -2.45. The molecule has 4 rings (SSSR count). The zero-order valence-electron chi connectivity index (χ0n) is 19.3. The van der Waals surface area contributed by atoms with Gasteiger partial charge in [-0.2, -0.15) is 0 Å². The molecule has 0 bridgehead atoms. The molecule has 0 unspecified atom stereocenters. The third-order valence-electron chi connectivity index (χ3n) is 6.30. The van der Waals surface area contributed by atoms with Crippen molar-refractivity contribution in [2.24, 2.45) is 5.92 Å². The van der Waals surface area contributed by atoms with E-state index in [1.54, 1.807) is 19.1 Å². The molecule has 2 aliphatic heterocycles. The predicted octanol–water partition coefficient (Wildman–Crippen LogP) is 2.82. The first-order valence-electron chi connectivity index (χ1n) is 11.3. The zero-order valence-corrected chi connectivity index (χ0v) is 19.3. The molecule has 2 aliphatic rings. The number of carbonyl (C=O) groups excluding carboxylic acids is 3. The summed E-state index contributed by atoms with van der Waals surface area (Å²) in [4.78, 5) is 44.6. The van der Waals surface area contributed by atoms with Gasteiger partial charge in [-0.05, 0) is 45.7 Å². The summed E-state index contributed by atoms with van der Waals surface area (Å²) in [6.45, 7) is 12.0. The maximum atomic E-state index is 13.3. The molecule has 9 nitrogen and oxygen atoms in total. The molecular weight excluding hydrogens is 422 g/mol. The number of likely N-dealkylation sites (N-methyl/N-ethyl adjacent to an activating group) is 1. The Labute approximate surface area is 193 Å². The van der Waals surface area contributed by atoms with Crippen molar-refractivity contribution in [3.8, 4) is 0 Å². The summed E-state index contributed by atoms with van der Waals surface area (Å²) in [5.41, 5.74) is 3.40. The van der Waals surface area contributed by atoms with Crippen LogP contribution >= 0.6 is 0 Å². The SMILES string of the molecule is C=C(C)CN(CC)C(=O)[C@H]1CCCN(c2cccc3c2C(=O)N(Cc2nonc2C)C3=O)C1. The van der Waals surface area contributed by atoms with E-state index in [0.29, 0.717) is 47.8 Å². The second-order valence-corrected chi connectivity index (χ2v) is 8.79. The molecule has 9 heteroatoms. The Balaban J connectivity index is 1.58. The van der Waals surface area contributed by atoms with Crippen molar-refractivity contribution in [2.45, 2.75) is 40.2 Å². The minimum atomic E-state index is -0.362. The molecule has 0 N–H and O–H groups in total. The van der Waals surface area contributed by atoms with E-state index in [0.717, 1.165) is 25.0 Å². The fourth-order valence-electron chi connectivity index (χ4n) is 4.59. The molecule has 1 aromatic heterocycles. The van der Waals surface area contributed by atoms with E-state index < -0.39 is 0 Å². The van der Waals surface area contributed by atoms with Crippen molar-refractivity contribution in [1.29, 1.82) is 0 Å². The number of piperidine rings is 1. The molecule has 33 heavy (non-hydrogen) atoms. The van der Waals surface area contributed by atoms with E-state index in [4.69, 9.17) is 4.63 Å². The number of amides is 3. The minimum absolute atomic E-state index is 0.00853. The van der Waals surface area contributed by atoms with Crippen LogP contribution in [0.2, 0.25) is 0 Å². The Hall–Kier alpha value is -3.49. The molecule has 1 saturated heterocycles. The van der Waals surface area contributed by atoms with Crippen molar-refractivity contribution in [1.82, 2.24) is 20.1 Å². The molecule has 1 fully saturated rings. The van der Waals surface area contributed by atoms with Crippen molar-refractivity contribution in [3.05, 3.63) is 52.9 Å². The van der Waals surface area contributed by atoms with Gasteiger partial charge >= 0.3 is 0 Å². The topological polar surface area (TPSA) is 99.9 Å². The summed E-state index contributed by atoms with van der Waals surface area (Å²) in [6.07, 6.45) is 1.63. The fourth-order valence-corrected chi connectivity index (χ4v) is 4.59. The summed E-state index contributed by atoms with van der Waals surface area (Å²) < 4.78 is 4.71. The van der Waals surface area contributed by atoms with Crippen LogP contribution in [0.5, 0.6) is 0 Å². The maximum absolute atomic E-state index is 13.3. The van der Waals surface area contributed by atoms with Crippen molar-refractivity contribution < 1.29 is 19.0 Å². The zero-order chi connectivity index (χ0) is 23.7. The van der Waals surface area contributed by atoms with Gasteiger partial charge in [-0.3, -0.25) is 19.3 Å². The highest BCUT2D eigenvalue weighted by molar-refractivity contribution is 6.23. The Bertz CT molecular complexity index is 1110. The predicted molar refractivity (Wildman–Crippen MR) is 122 cm³/mol. The number of carbonyl (C=O) groups is 3. The van der Waals surface area contributed by atoms with Crippen molar-refractivity contribution >= 4 is 23.4 Å². The number of hydrogen-bond donors (Lipinski definition) is 0. The normalized spacial score (nSPS) is 18.0. The van der Waals surface area contributed by atoms with Gasteiger partial charge in [-0.15, -0.1) is 0 Å². The lowest BCUT2D eigenvalue weighted by Gasteiger charge is -2.36. The lowest BCUT2D eigenvalue weighted by atomic mass is 9.94. The van der Waals surface area contributed by atoms with E-state index in [9.17, 15) is 14.4 Å². The van der Waals surface area contributed by atoms with E-state index in [1.165, 1.54) is 4.90 Å². The molecule has 174 valence electrons. The van der Waals surface area contributed by atoms with Gasteiger partial charge in [0.15, 0.2) is 0 Å². The number of rotatable bonds is 7. The molecular formula is C24H29N5O4. The molecule has 0 spiro atoms. The Morgan fingerprint density at radius 2 is 2.06 bits per heavy atom. The van der Waals surface area contributed by atoms with Crippen LogP contribution in [0.25, 0.3) is 0 Å². The van der Waals surface area contributed by atoms with Crippen LogP contribution < -0.4 is 4.90 Å². The molecule has 0 saturated carbocycles. The highest BCUT2D eigenvalue weighted by atomic mass is 16.6.